The molecule has 1 aliphatic heterocycles. The van der Waals surface area contributed by atoms with Gasteiger partial charge in [0, 0.05) is 41.1 Å². The molecule has 0 spiro atoms. The summed E-state index contributed by atoms with van der Waals surface area (Å²) in [5, 5.41) is 15.7. The molecule has 1 aliphatic carbocycles. The van der Waals surface area contributed by atoms with Crippen molar-refractivity contribution in [2.24, 2.45) is 11.8 Å². The van der Waals surface area contributed by atoms with Crippen LogP contribution in [0.25, 0.3) is 0 Å². The first-order valence-corrected chi connectivity index (χ1v) is 16.5. The SMILES string of the molecule is O=C(Nc1ccc(CC(NC(=O)C2C3CCCC3CN2S(=O)(=O)c2cc(Cl)cc(Cl)c2)C(=O)O)cc1)c1c(Cl)cncc1Cl. The molecule has 232 valence electrons. The molecule has 5 rings (SSSR count). The van der Waals surface area contributed by atoms with Crippen molar-refractivity contribution in [2.45, 2.75) is 42.7 Å². The van der Waals surface area contributed by atoms with E-state index in [4.69, 9.17) is 46.4 Å². The number of nitrogens with zero attached hydrogens (tertiary/aromatic N) is 2. The molecule has 1 aromatic heterocycles. The molecule has 2 aliphatic rings. The van der Waals surface area contributed by atoms with Gasteiger partial charge in [-0.05, 0) is 60.6 Å². The van der Waals surface area contributed by atoms with Crippen molar-refractivity contribution >= 4 is 79.9 Å². The van der Waals surface area contributed by atoms with Gasteiger partial charge in [-0.2, -0.15) is 4.31 Å². The van der Waals surface area contributed by atoms with Crippen molar-refractivity contribution in [1.29, 1.82) is 0 Å². The molecule has 2 heterocycles. The van der Waals surface area contributed by atoms with E-state index in [1.54, 1.807) is 24.3 Å². The third-order valence-corrected chi connectivity index (χ3v) is 10.7. The summed E-state index contributed by atoms with van der Waals surface area (Å²) in [6.07, 6.45) is 4.76. The Balaban J connectivity index is 1.31. The largest absolute Gasteiger partial charge is 0.480 e. The molecule has 4 atom stereocenters. The molecule has 1 saturated carbocycles. The Morgan fingerprint density at radius 1 is 0.977 bits per heavy atom. The fraction of sp³-hybridized carbons (Fsp3) is 0.310. The second-order valence-corrected chi connectivity index (χ2v) is 14.3. The minimum Gasteiger partial charge on any atom is -0.480 e. The van der Waals surface area contributed by atoms with Crippen molar-refractivity contribution < 1.29 is 27.9 Å². The Bertz CT molecular complexity index is 1680. The second kappa shape index (κ2) is 13.2. The van der Waals surface area contributed by atoms with Gasteiger partial charge in [0.05, 0.1) is 20.5 Å². The van der Waals surface area contributed by atoms with Crippen molar-refractivity contribution in [3.05, 3.63) is 86.1 Å². The van der Waals surface area contributed by atoms with E-state index in [1.165, 1.54) is 30.6 Å². The number of aliphatic carboxylic acids is 1. The van der Waals surface area contributed by atoms with Crippen LogP contribution in [0, 0.1) is 11.8 Å². The van der Waals surface area contributed by atoms with Gasteiger partial charge >= 0.3 is 5.97 Å². The van der Waals surface area contributed by atoms with Crippen LogP contribution in [0.15, 0.2) is 59.8 Å². The zero-order valence-corrected chi connectivity index (χ0v) is 26.7. The minimum atomic E-state index is -4.17. The number of carboxylic acid groups (broad SMARTS) is 1. The van der Waals surface area contributed by atoms with E-state index < -0.39 is 39.9 Å². The fourth-order valence-electron chi connectivity index (χ4n) is 5.89. The van der Waals surface area contributed by atoms with Crippen LogP contribution >= 0.6 is 46.4 Å². The van der Waals surface area contributed by atoms with Crippen LogP contribution in [-0.4, -0.2) is 59.2 Å². The van der Waals surface area contributed by atoms with E-state index in [0.717, 1.165) is 17.1 Å². The highest BCUT2D eigenvalue weighted by molar-refractivity contribution is 7.89. The van der Waals surface area contributed by atoms with Gasteiger partial charge in [0.2, 0.25) is 15.9 Å². The van der Waals surface area contributed by atoms with E-state index in [9.17, 15) is 27.9 Å². The molecule has 15 heteroatoms. The van der Waals surface area contributed by atoms with Gasteiger partial charge < -0.3 is 15.7 Å². The molecule has 0 bridgehead atoms. The van der Waals surface area contributed by atoms with Crippen LogP contribution in [0.5, 0.6) is 0 Å². The number of halogens is 4. The third kappa shape index (κ3) is 6.83. The van der Waals surface area contributed by atoms with Gasteiger partial charge in [0.1, 0.15) is 12.1 Å². The lowest BCUT2D eigenvalue weighted by Gasteiger charge is -2.28. The van der Waals surface area contributed by atoms with Crippen LogP contribution < -0.4 is 10.6 Å². The molecule has 2 fully saturated rings. The molecule has 3 N–H and O–H groups in total. The van der Waals surface area contributed by atoms with E-state index in [1.807, 2.05) is 0 Å². The smallest absolute Gasteiger partial charge is 0.326 e. The van der Waals surface area contributed by atoms with E-state index in [0.29, 0.717) is 17.7 Å². The van der Waals surface area contributed by atoms with Gasteiger partial charge in [-0.25, -0.2) is 13.2 Å². The summed E-state index contributed by atoms with van der Waals surface area (Å²) in [4.78, 5) is 42.2. The van der Waals surface area contributed by atoms with Gasteiger partial charge in [-0.15, -0.1) is 0 Å². The lowest BCUT2D eigenvalue weighted by atomic mass is 9.93. The molecule has 10 nitrogen and oxygen atoms in total. The standard InChI is InChI=1S/C29H26Cl4N4O6S/c30-17-9-18(31)11-20(10-17)44(42,43)37-14-16-2-1-3-21(16)26(37)28(39)36-24(29(40)41)8-15-4-6-19(7-5-15)35-27(38)25-22(32)12-34-13-23(25)33/h4-7,9-13,16,21,24,26H,1-3,8,14H2,(H,35,38)(H,36,39)(H,40,41). The number of carboxylic acids is 1. The number of sulfonamides is 1. The van der Waals surface area contributed by atoms with Crippen LogP contribution in [0.1, 0.15) is 35.2 Å². The van der Waals surface area contributed by atoms with Crippen molar-refractivity contribution in [3.63, 3.8) is 0 Å². The lowest BCUT2D eigenvalue weighted by molar-refractivity contribution is -0.142. The maximum Gasteiger partial charge on any atom is 0.326 e. The highest BCUT2D eigenvalue weighted by Gasteiger charge is 2.52. The molecule has 2 amide bonds. The van der Waals surface area contributed by atoms with E-state index in [2.05, 4.69) is 15.6 Å². The topological polar surface area (TPSA) is 146 Å². The number of fused-ring (bicyclic) bond motifs is 1. The molecular formula is C29H26Cl4N4O6S. The Kier molecular flexibility index (Phi) is 9.74. The number of carbonyl (C=O) groups excluding carboxylic acids is 2. The maximum atomic E-state index is 13.7. The first-order valence-electron chi connectivity index (χ1n) is 13.6. The monoisotopic (exact) mass is 698 g/mol. The lowest BCUT2D eigenvalue weighted by Crippen LogP contribution is -2.53. The van der Waals surface area contributed by atoms with Gasteiger partial charge in [-0.3, -0.25) is 14.6 Å². The van der Waals surface area contributed by atoms with Crippen molar-refractivity contribution in [1.82, 2.24) is 14.6 Å². The molecule has 44 heavy (non-hydrogen) atoms. The molecule has 0 radical (unpaired) electrons. The number of hydrogen-bond donors (Lipinski definition) is 3. The predicted molar refractivity (Wildman–Crippen MR) is 167 cm³/mol. The summed E-state index contributed by atoms with van der Waals surface area (Å²) in [7, 11) is -4.17. The van der Waals surface area contributed by atoms with Gasteiger partial charge in [0.25, 0.3) is 5.91 Å². The Hall–Kier alpha value is -2.93. The normalized spacial score (nSPS) is 20.6. The first-order chi connectivity index (χ1) is 20.8. The fourth-order valence-corrected chi connectivity index (χ4v) is 8.84. The number of anilines is 1. The van der Waals surface area contributed by atoms with Crippen LogP contribution in [0.4, 0.5) is 5.69 Å². The third-order valence-electron chi connectivity index (χ3n) is 7.91. The summed E-state index contributed by atoms with van der Waals surface area (Å²) < 4.78 is 28.5. The molecule has 4 unspecified atom stereocenters. The molecule has 3 aromatic rings. The number of nitrogens with one attached hydrogen (secondary N) is 2. The van der Waals surface area contributed by atoms with Crippen LogP contribution in [0.3, 0.4) is 0 Å². The zero-order valence-electron chi connectivity index (χ0n) is 22.8. The van der Waals surface area contributed by atoms with E-state index >= 15 is 0 Å². The molecular weight excluding hydrogens is 674 g/mol. The molecule has 1 saturated heterocycles. The number of amides is 2. The first kappa shape index (κ1) is 32.5. The van der Waals surface area contributed by atoms with Crippen LogP contribution in [-0.2, 0) is 26.0 Å². The number of rotatable bonds is 9. The van der Waals surface area contributed by atoms with Crippen molar-refractivity contribution in [2.75, 3.05) is 11.9 Å². The predicted octanol–water partition coefficient (Wildman–Crippen LogP) is 5.55. The number of aromatic nitrogens is 1. The van der Waals surface area contributed by atoms with Gasteiger partial charge in [-0.1, -0.05) is 65.0 Å². The highest BCUT2D eigenvalue weighted by Crippen LogP contribution is 2.44. The van der Waals surface area contributed by atoms with Gasteiger partial charge in [0.15, 0.2) is 0 Å². The maximum absolute atomic E-state index is 13.7. The zero-order chi connectivity index (χ0) is 31.8. The minimum absolute atomic E-state index is 0.0295. The summed E-state index contributed by atoms with van der Waals surface area (Å²) in [5.41, 5.74) is 1.02. The number of carbonyl (C=O) groups is 3. The van der Waals surface area contributed by atoms with Crippen LogP contribution in [0.2, 0.25) is 20.1 Å². The number of hydrogen-bond acceptors (Lipinski definition) is 6. The average molecular weight is 700 g/mol. The Labute approximate surface area is 273 Å². The molecule has 2 aromatic carbocycles. The Morgan fingerprint density at radius 3 is 2.23 bits per heavy atom. The summed E-state index contributed by atoms with van der Waals surface area (Å²) in [6, 6.07) is 7.89. The summed E-state index contributed by atoms with van der Waals surface area (Å²) in [6.45, 7) is 0.135. The quantitative estimate of drug-likeness (QED) is 0.266. The van der Waals surface area contributed by atoms with E-state index in [-0.39, 0.29) is 55.4 Å². The Morgan fingerprint density at radius 2 is 1.61 bits per heavy atom. The summed E-state index contributed by atoms with van der Waals surface area (Å²) in [5.74, 6) is -2.79. The number of pyridine rings is 1. The summed E-state index contributed by atoms with van der Waals surface area (Å²) >= 11 is 24.2. The number of benzene rings is 2. The average Bonchev–Trinajstić information content (AvgIpc) is 3.55. The van der Waals surface area contributed by atoms with Crippen molar-refractivity contribution in [3.8, 4) is 0 Å². The second-order valence-electron chi connectivity index (χ2n) is 10.7. The highest BCUT2D eigenvalue weighted by atomic mass is 35.5.